The fourth-order valence-electron chi connectivity index (χ4n) is 3.66. The number of likely N-dealkylation sites (N-methyl/N-ethyl adjacent to an activating group) is 1. The molecule has 1 heterocycles. The molecule has 1 saturated heterocycles. The molecule has 0 unspecified atom stereocenters. The van der Waals surface area contributed by atoms with Crippen molar-refractivity contribution in [1.29, 1.82) is 0 Å². The highest BCUT2D eigenvalue weighted by Gasteiger charge is 2.60. The molecular formula is C18H31N3O2. The van der Waals surface area contributed by atoms with Crippen LogP contribution in [0.4, 0.5) is 0 Å². The van der Waals surface area contributed by atoms with Gasteiger partial charge in [-0.25, -0.2) is 0 Å². The second-order valence-corrected chi connectivity index (χ2v) is 7.80. The summed E-state index contributed by atoms with van der Waals surface area (Å²) < 4.78 is 0. The zero-order chi connectivity index (χ0) is 17.2. The van der Waals surface area contributed by atoms with E-state index in [1.165, 1.54) is 5.57 Å². The summed E-state index contributed by atoms with van der Waals surface area (Å²) in [6.07, 6.45) is 4.07. The van der Waals surface area contributed by atoms with Gasteiger partial charge < -0.3 is 10.6 Å². The Kier molecular flexibility index (Phi) is 5.50. The van der Waals surface area contributed by atoms with E-state index in [4.69, 9.17) is 0 Å². The molecule has 0 aromatic carbocycles. The van der Waals surface area contributed by atoms with Gasteiger partial charge in [-0.1, -0.05) is 25.5 Å². The normalized spacial score (nSPS) is 27.2. The smallest absolute Gasteiger partial charge is 0.233 e. The molecule has 2 rings (SSSR count). The third kappa shape index (κ3) is 4.34. The lowest BCUT2D eigenvalue weighted by Crippen LogP contribution is -2.47. The minimum Gasteiger partial charge on any atom is -0.358 e. The maximum atomic E-state index is 12.6. The Labute approximate surface area is 139 Å². The van der Waals surface area contributed by atoms with E-state index in [9.17, 15) is 9.59 Å². The van der Waals surface area contributed by atoms with Crippen molar-refractivity contribution in [3.63, 3.8) is 0 Å². The monoisotopic (exact) mass is 321 g/mol. The van der Waals surface area contributed by atoms with Crippen LogP contribution in [0, 0.1) is 17.3 Å². The van der Waals surface area contributed by atoms with Crippen LogP contribution in [0.15, 0.2) is 11.6 Å². The lowest BCUT2D eigenvalue weighted by atomic mass is 10.0. The van der Waals surface area contributed by atoms with Gasteiger partial charge in [0.05, 0.1) is 12.5 Å². The highest BCUT2D eigenvalue weighted by Crippen LogP contribution is 2.59. The van der Waals surface area contributed by atoms with Crippen molar-refractivity contribution in [2.75, 3.05) is 26.7 Å². The summed E-state index contributed by atoms with van der Waals surface area (Å²) in [4.78, 5) is 26.1. The molecule has 0 bridgehead atoms. The highest BCUT2D eigenvalue weighted by atomic mass is 16.2. The van der Waals surface area contributed by atoms with E-state index in [1.807, 2.05) is 0 Å². The largest absolute Gasteiger partial charge is 0.358 e. The van der Waals surface area contributed by atoms with Gasteiger partial charge in [-0.05, 0) is 38.0 Å². The summed E-state index contributed by atoms with van der Waals surface area (Å²) in [5.74, 6) is 0.709. The Morgan fingerprint density at radius 1 is 1.22 bits per heavy atom. The van der Waals surface area contributed by atoms with Crippen molar-refractivity contribution in [2.24, 2.45) is 17.3 Å². The van der Waals surface area contributed by atoms with Gasteiger partial charge in [0.25, 0.3) is 0 Å². The van der Waals surface area contributed by atoms with E-state index < -0.39 is 0 Å². The summed E-state index contributed by atoms with van der Waals surface area (Å²) in [7, 11) is 1.66. The molecule has 130 valence electrons. The molecule has 0 radical (unpaired) electrons. The first-order valence-corrected chi connectivity index (χ1v) is 8.64. The zero-order valence-electron chi connectivity index (χ0n) is 15.1. The van der Waals surface area contributed by atoms with Crippen molar-refractivity contribution >= 4 is 11.8 Å². The number of carbonyl (C=O) groups is 2. The zero-order valence-corrected chi connectivity index (χ0v) is 15.1. The Morgan fingerprint density at radius 2 is 1.83 bits per heavy atom. The number of hydrogen-bond donors (Lipinski definition) is 2. The second kappa shape index (κ2) is 7.04. The Bertz CT molecular complexity index is 486. The summed E-state index contributed by atoms with van der Waals surface area (Å²) in [5.41, 5.74) is 1.35. The molecule has 2 fully saturated rings. The van der Waals surface area contributed by atoms with Crippen LogP contribution in [0.3, 0.4) is 0 Å². The van der Waals surface area contributed by atoms with Crippen molar-refractivity contribution in [3.8, 4) is 0 Å². The van der Waals surface area contributed by atoms with Crippen molar-refractivity contribution in [2.45, 2.75) is 46.6 Å². The summed E-state index contributed by atoms with van der Waals surface area (Å²) >= 11 is 0. The maximum absolute atomic E-state index is 12.6. The van der Waals surface area contributed by atoms with E-state index >= 15 is 0 Å². The lowest BCUT2D eigenvalue weighted by Gasteiger charge is -2.31. The molecule has 1 aliphatic carbocycles. The molecular weight excluding hydrogens is 290 g/mol. The quantitative estimate of drug-likeness (QED) is 0.755. The molecule has 5 heteroatoms. The predicted molar refractivity (Wildman–Crippen MR) is 91.9 cm³/mol. The van der Waals surface area contributed by atoms with Gasteiger partial charge in [0.2, 0.25) is 11.8 Å². The van der Waals surface area contributed by atoms with Crippen LogP contribution in [-0.2, 0) is 9.59 Å². The number of nitrogens with zero attached hydrogens (tertiary/aromatic N) is 1. The lowest BCUT2D eigenvalue weighted by molar-refractivity contribution is -0.125. The van der Waals surface area contributed by atoms with Crippen molar-refractivity contribution < 1.29 is 9.59 Å². The summed E-state index contributed by atoms with van der Waals surface area (Å²) in [6.45, 7) is 10.7. The topological polar surface area (TPSA) is 61.4 Å². The molecule has 5 nitrogen and oxygen atoms in total. The number of piperidine rings is 1. The van der Waals surface area contributed by atoms with Crippen molar-refractivity contribution in [3.05, 3.63) is 11.6 Å². The fourth-order valence-corrected chi connectivity index (χ4v) is 3.66. The molecule has 2 amide bonds. The number of rotatable bonds is 5. The number of amides is 2. The fraction of sp³-hybridized carbons (Fsp3) is 0.778. The van der Waals surface area contributed by atoms with Crippen LogP contribution in [-0.4, -0.2) is 49.4 Å². The molecule has 0 spiro atoms. The highest BCUT2D eigenvalue weighted by molar-refractivity contribution is 5.84. The molecule has 1 saturated carbocycles. The van der Waals surface area contributed by atoms with Gasteiger partial charge >= 0.3 is 0 Å². The van der Waals surface area contributed by atoms with Gasteiger partial charge in [-0.15, -0.1) is 0 Å². The third-order valence-corrected chi connectivity index (χ3v) is 5.29. The number of carbonyl (C=O) groups excluding carboxylic acids is 2. The predicted octanol–water partition coefficient (Wildman–Crippen LogP) is 1.55. The average molecular weight is 321 g/mol. The summed E-state index contributed by atoms with van der Waals surface area (Å²) in [6, 6.07) is 0.243. The molecule has 0 aromatic heterocycles. The second-order valence-electron chi connectivity index (χ2n) is 7.80. The van der Waals surface area contributed by atoms with Gasteiger partial charge in [-0.2, -0.15) is 0 Å². The molecule has 2 aliphatic rings. The van der Waals surface area contributed by atoms with E-state index in [2.05, 4.69) is 49.3 Å². The van der Waals surface area contributed by atoms with Crippen molar-refractivity contribution in [1.82, 2.24) is 15.5 Å². The Balaban J connectivity index is 1.80. The van der Waals surface area contributed by atoms with Crippen LogP contribution >= 0.6 is 0 Å². The average Bonchev–Trinajstić information content (AvgIpc) is 3.01. The van der Waals surface area contributed by atoms with E-state index in [0.29, 0.717) is 12.5 Å². The number of hydrogen-bond acceptors (Lipinski definition) is 3. The number of nitrogens with one attached hydrogen (secondary N) is 2. The van der Waals surface area contributed by atoms with E-state index in [-0.39, 0.29) is 29.2 Å². The Morgan fingerprint density at radius 3 is 2.35 bits per heavy atom. The number of likely N-dealkylation sites (tertiary alicyclic amines) is 1. The number of allylic oxidation sites excluding steroid dienone is 2. The van der Waals surface area contributed by atoms with Gasteiger partial charge in [-0.3, -0.25) is 14.5 Å². The third-order valence-electron chi connectivity index (χ3n) is 5.29. The first-order valence-electron chi connectivity index (χ1n) is 8.64. The standard InChI is InChI=1S/C18H31N3O2/c1-12(2)10-14-16(18(14,3)4)17(23)20-13-6-8-21(9-7-13)11-15(22)19-5/h10,13-14,16H,6-9,11H2,1-5H3,(H,19,22)(H,20,23)/t14-,16-/m1/s1. The van der Waals surface area contributed by atoms with Crippen LogP contribution < -0.4 is 10.6 Å². The first kappa shape index (κ1) is 18.0. The molecule has 2 N–H and O–H groups in total. The minimum atomic E-state index is 0.0526. The maximum Gasteiger partial charge on any atom is 0.233 e. The van der Waals surface area contributed by atoms with Gasteiger partial charge in [0, 0.05) is 26.2 Å². The van der Waals surface area contributed by atoms with E-state index in [0.717, 1.165) is 25.9 Å². The van der Waals surface area contributed by atoms with Crippen LogP contribution in [0.2, 0.25) is 0 Å². The molecule has 0 aromatic rings. The van der Waals surface area contributed by atoms with E-state index in [1.54, 1.807) is 7.05 Å². The minimum absolute atomic E-state index is 0.0526. The molecule has 23 heavy (non-hydrogen) atoms. The molecule has 1 aliphatic heterocycles. The summed E-state index contributed by atoms with van der Waals surface area (Å²) in [5, 5.41) is 5.88. The van der Waals surface area contributed by atoms with Gasteiger partial charge in [0.1, 0.15) is 0 Å². The van der Waals surface area contributed by atoms with Gasteiger partial charge in [0.15, 0.2) is 0 Å². The van der Waals surface area contributed by atoms with Crippen LogP contribution in [0.5, 0.6) is 0 Å². The Hall–Kier alpha value is -1.36. The SMILES string of the molecule is CNC(=O)CN1CCC(NC(=O)[C@H]2[C@@H](C=C(C)C)C2(C)C)CC1. The van der Waals surface area contributed by atoms with Crippen LogP contribution in [0.25, 0.3) is 0 Å². The van der Waals surface area contributed by atoms with Crippen LogP contribution in [0.1, 0.15) is 40.5 Å². The molecule has 2 atom stereocenters. The first-order chi connectivity index (χ1) is 10.8.